The normalized spacial score (nSPS) is 33.2. The first-order valence-electron chi connectivity index (χ1n) is 7.59. The van der Waals surface area contributed by atoms with Crippen molar-refractivity contribution in [2.45, 2.75) is 54.0 Å². The third-order valence-corrected chi connectivity index (χ3v) is 4.28. The van der Waals surface area contributed by atoms with Crippen LogP contribution in [0.25, 0.3) is 0 Å². The fourth-order valence-corrected chi connectivity index (χ4v) is 2.74. The third-order valence-electron chi connectivity index (χ3n) is 4.28. The van der Waals surface area contributed by atoms with E-state index in [1.807, 2.05) is 0 Å². The van der Waals surface area contributed by atoms with Gasteiger partial charge in [-0.15, -0.1) is 0 Å². The molecule has 0 N–H and O–H groups in total. The number of carbonyl (C=O) groups excluding carboxylic acids is 1. The standard InChI is InChI=1S/C14H11F13O3/c1-2-29-5-3-4-6-30-7(28)8(15)11(18,19)9(16,13(22,23)24)10(17,12(8,20)21)14(25,26)27/h2H,1,3-6H2. The van der Waals surface area contributed by atoms with Gasteiger partial charge >= 0.3 is 47.2 Å². The first-order chi connectivity index (χ1) is 13.2. The number of ether oxygens (including phenoxy) is 2. The van der Waals surface area contributed by atoms with E-state index in [1.165, 1.54) is 0 Å². The van der Waals surface area contributed by atoms with Gasteiger partial charge in [-0.2, -0.15) is 43.9 Å². The molecule has 1 saturated carbocycles. The highest BCUT2D eigenvalue weighted by molar-refractivity contribution is 5.85. The molecule has 0 aliphatic heterocycles. The Morgan fingerprint density at radius 2 is 1.13 bits per heavy atom. The molecule has 0 saturated heterocycles. The molecule has 1 rings (SSSR count). The fourth-order valence-electron chi connectivity index (χ4n) is 2.74. The average Bonchev–Trinajstić information content (AvgIpc) is 2.66. The van der Waals surface area contributed by atoms with Gasteiger partial charge in [-0.3, -0.25) is 0 Å². The van der Waals surface area contributed by atoms with Crippen LogP contribution in [0.1, 0.15) is 12.8 Å². The van der Waals surface area contributed by atoms with Gasteiger partial charge in [0, 0.05) is 0 Å². The molecule has 0 amide bonds. The number of halogens is 13. The van der Waals surface area contributed by atoms with Crippen LogP contribution in [0.15, 0.2) is 12.8 Å². The molecule has 2 atom stereocenters. The minimum absolute atomic E-state index is 0.156. The predicted molar refractivity (Wildman–Crippen MR) is 69.9 cm³/mol. The topological polar surface area (TPSA) is 35.5 Å². The average molecular weight is 474 g/mol. The van der Waals surface area contributed by atoms with Crippen molar-refractivity contribution in [3.05, 3.63) is 12.8 Å². The summed E-state index contributed by atoms with van der Waals surface area (Å²) in [5, 5.41) is 0. The summed E-state index contributed by atoms with van der Waals surface area (Å²) in [7, 11) is 0. The number of rotatable bonds is 7. The summed E-state index contributed by atoms with van der Waals surface area (Å²) in [6, 6.07) is 0. The Bertz CT molecular complexity index is 633. The molecule has 0 aromatic heterocycles. The zero-order valence-corrected chi connectivity index (χ0v) is 14.3. The van der Waals surface area contributed by atoms with Crippen LogP contribution in [-0.4, -0.2) is 60.4 Å². The van der Waals surface area contributed by atoms with E-state index in [0.717, 1.165) is 6.26 Å². The van der Waals surface area contributed by atoms with Crippen molar-refractivity contribution in [3.63, 3.8) is 0 Å². The molecule has 1 aliphatic rings. The summed E-state index contributed by atoms with van der Waals surface area (Å²) in [4.78, 5) is 11.4. The molecule has 0 heterocycles. The lowest BCUT2D eigenvalue weighted by Crippen LogP contribution is -2.71. The molecule has 0 bridgehead atoms. The van der Waals surface area contributed by atoms with E-state index in [1.54, 1.807) is 0 Å². The van der Waals surface area contributed by atoms with E-state index in [0.29, 0.717) is 0 Å². The number of hydrogen-bond acceptors (Lipinski definition) is 3. The van der Waals surface area contributed by atoms with E-state index in [2.05, 4.69) is 16.1 Å². The zero-order chi connectivity index (χ0) is 24.0. The second-order valence-corrected chi connectivity index (χ2v) is 6.00. The molecule has 16 heteroatoms. The highest BCUT2D eigenvalue weighted by atomic mass is 19.4. The number of esters is 1. The number of alkyl halides is 13. The van der Waals surface area contributed by atoms with Gasteiger partial charge in [0.2, 0.25) is 0 Å². The van der Waals surface area contributed by atoms with Crippen molar-refractivity contribution >= 4 is 5.97 Å². The van der Waals surface area contributed by atoms with Crippen LogP contribution >= 0.6 is 0 Å². The Kier molecular flexibility index (Phi) is 6.41. The molecular weight excluding hydrogens is 463 g/mol. The molecule has 2 unspecified atom stereocenters. The molecule has 3 nitrogen and oxygen atoms in total. The van der Waals surface area contributed by atoms with Crippen LogP contribution in [0, 0.1) is 0 Å². The van der Waals surface area contributed by atoms with Gasteiger partial charge in [-0.1, -0.05) is 6.58 Å². The number of hydrogen-bond donors (Lipinski definition) is 0. The molecule has 176 valence electrons. The van der Waals surface area contributed by atoms with Crippen LogP contribution < -0.4 is 0 Å². The number of unbranched alkanes of at least 4 members (excludes halogenated alkanes) is 1. The minimum atomic E-state index is -7.87. The predicted octanol–water partition coefficient (Wildman–Crippen LogP) is 5.00. The highest BCUT2D eigenvalue weighted by Gasteiger charge is 3.10. The monoisotopic (exact) mass is 474 g/mol. The second-order valence-electron chi connectivity index (χ2n) is 6.00. The van der Waals surface area contributed by atoms with E-state index in [4.69, 9.17) is 0 Å². The maximum atomic E-state index is 14.5. The van der Waals surface area contributed by atoms with Gasteiger partial charge in [0.15, 0.2) is 0 Å². The Hall–Kier alpha value is -1.90. The van der Waals surface area contributed by atoms with Gasteiger partial charge in [0.25, 0.3) is 0 Å². The van der Waals surface area contributed by atoms with Crippen LogP contribution in [0.4, 0.5) is 57.1 Å². The lowest BCUT2D eigenvalue weighted by atomic mass is 9.85. The summed E-state index contributed by atoms with van der Waals surface area (Å²) < 4.78 is 183. The summed E-state index contributed by atoms with van der Waals surface area (Å²) in [5.41, 5.74) is -22.7. The van der Waals surface area contributed by atoms with E-state index in [9.17, 15) is 61.9 Å². The van der Waals surface area contributed by atoms with Crippen LogP contribution in [0.2, 0.25) is 0 Å². The van der Waals surface area contributed by atoms with E-state index in [-0.39, 0.29) is 13.0 Å². The van der Waals surface area contributed by atoms with Crippen molar-refractivity contribution in [2.75, 3.05) is 13.2 Å². The van der Waals surface area contributed by atoms with Gasteiger partial charge in [-0.25, -0.2) is 18.0 Å². The number of carbonyl (C=O) groups is 1. The molecule has 0 aromatic rings. The fraction of sp³-hybridized carbons (Fsp3) is 0.786. The Balaban J connectivity index is 3.53. The largest absolute Gasteiger partial charge is 0.502 e. The summed E-state index contributed by atoms with van der Waals surface area (Å²) in [6.07, 6.45) is -15.2. The molecule has 1 fully saturated rings. The van der Waals surface area contributed by atoms with Crippen LogP contribution in [0.5, 0.6) is 0 Å². The Morgan fingerprint density at radius 1 is 0.767 bits per heavy atom. The van der Waals surface area contributed by atoms with Crippen LogP contribution in [0.3, 0.4) is 0 Å². The van der Waals surface area contributed by atoms with Crippen molar-refractivity contribution in [2.24, 2.45) is 0 Å². The smallest absolute Gasteiger partial charge is 0.432 e. The van der Waals surface area contributed by atoms with Gasteiger partial charge in [0.05, 0.1) is 19.5 Å². The van der Waals surface area contributed by atoms with Crippen molar-refractivity contribution in [1.29, 1.82) is 0 Å². The van der Waals surface area contributed by atoms with Crippen LogP contribution in [-0.2, 0) is 14.3 Å². The Morgan fingerprint density at radius 3 is 1.47 bits per heavy atom. The zero-order valence-electron chi connectivity index (χ0n) is 14.3. The molecule has 30 heavy (non-hydrogen) atoms. The van der Waals surface area contributed by atoms with Gasteiger partial charge in [0.1, 0.15) is 0 Å². The summed E-state index contributed by atoms with van der Waals surface area (Å²) in [5.74, 6) is -18.9. The molecule has 0 spiro atoms. The first-order valence-corrected chi connectivity index (χ1v) is 7.59. The Labute approximate surface area is 158 Å². The SMILES string of the molecule is C=COCCCCOC(=O)C1(F)C(F)(F)C(F)(C(F)(F)F)C(F)(C(F)(F)F)C1(F)F. The molecular formula is C14H11F13O3. The maximum Gasteiger partial charge on any atom is 0.432 e. The maximum absolute atomic E-state index is 14.5. The molecule has 0 aromatic carbocycles. The van der Waals surface area contributed by atoms with Crippen molar-refractivity contribution in [3.8, 4) is 0 Å². The van der Waals surface area contributed by atoms with Gasteiger partial charge in [-0.05, 0) is 12.8 Å². The first kappa shape index (κ1) is 26.1. The van der Waals surface area contributed by atoms with Crippen molar-refractivity contribution < 1.29 is 71.3 Å². The minimum Gasteiger partial charge on any atom is -0.502 e. The lowest BCUT2D eigenvalue weighted by Gasteiger charge is -2.38. The summed E-state index contributed by atoms with van der Waals surface area (Å²) >= 11 is 0. The van der Waals surface area contributed by atoms with Crippen molar-refractivity contribution in [1.82, 2.24) is 0 Å². The quantitative estimate of drug-likeness (QED) is 0.226. The highest BCUT2D eigenvalue weighted by Crippen LogP contribution is 2.75. The van der Waals surface area contributed by atoms with Gasteiger partial charge < -0.3 is 9.47 Å². The third kappa shape index (κ3) is 2.92. The lowest BCUT2D eigenvalue weighted by molar-refractivity contribution is -0.389. The summed E-state index contributed by atoms with van der Waals surface area (Å²) in [6.45, 7) is 1.61. The molecule has 1 aliphatic carbocycles. The van der Waals surface area contributed by atoms with E-state index < -0.39 is 60.2 Å². The van der Waals surface area contributed by atoms with E-state index >= 15 is 0 Å². The molecule has 0 radical (unpaired) electrons. The second kappa shape index (κ2) is 7.35.